The zero-order valence-corrected chi connectivity index (χ0v) is 28.3. The number of rotatable bonds is 15. The predicted octanol–water partition coefficient (Wildman–Crippen LogP) is 7.18. The van der Waals surface area contributed by atoms with Gasteiger partial charge in [0.1, 0.15) is 17.2 Å². The number of aromatic nitrogens is 2. The fourth-order valence-corrected chi connectivity index (χ4v) is 5.26. The minimum atomic E-state index is -0.198. The Morgan fingerprint density at radius 2 is 1.76 bits per heavy atom. The average molecular weight is 587 g/mol. The molecule has 0 aliphatic carbocycles. The van der Waals surface area contributed by atoms with Gasteiger partial charge in [0.25, 0.3) is 5.56 Å². The molecule has 2 rings (SSSR count). The van der Waals surface area contributed by atoms with Crippen LogP contribution in [0.2, 0.25) is 0 Å². The number of likely N-dealkylation sites (tertiary alicyclic amines) is 1. The molecule has 42 heavy (non-hydrogen) atoms. The van der Waals surface area contributed by atoms with Gasteiger partial charge in [-0.05, 0) is 63.1 Å². The molecular weight excluding hydrogens is 524 g/mol. The van der Waals surface area contributed by atoms with Gasteiger partial charge >= 0.3 is 0 Å². The number of nitrogen functional groups attached to an aromatic ring is 1. The van der Waals surface area contributed by atoms with Crippen LogP contribution in [0.15, 0.2) is 47.1 Å². The van der Waals surface area contributed by atoms with E-state index >= 15 is 0 Å². The van der Waals surface area contributed by atoms with Crippen LogP contribution in [0.3, 0.4) is 0 Å². The van der Waals surface area contributed by atoms with E-state index in [2.05, 4.69) is 59.0 Å². The summed E-state index contributed by atoms with van der Waals surface area (Å²) in [6, 6.07) is 0.872. The first-order chi connectivity index (χ1) is 20.2. The molecule has 2 heterocycles. The molecule has 0 saturated carbocycles. The fourth-order valence-electron chi connectivity index (χ4n) is 5.26. The summed E-state index contributed by atoms with van der Waals surface area (Å²) in [6.45, 7) is 27.8. The normalized spacial score (nSPS) is 14.9. The van der Waals surface area contributed by atoms with Crippen LogP contribution in [0.25, 0.3) is 5.70 Å². The lowest BCUT2D eigenvalue weighted by molar-refractivity contribution is 0.0771. The van der Waals surface area contributed by atoms with Gasteiger partial charge in [0.2, 0.25) is 0 Å². The van der Waals surface area contributed by atoms with E-state index in [-0.39, 0.29) is 5.56 Å². The van der Waals surface area contributed by atoms with Crippen LogP contribution in [0.5, 0.6) is 0 Å². The van der Waals surface area contributed by atoms with Crippen LogP contribution in [0.1, 0.15) is 112 Å². The maximum absolute atomic E-state index is 12.7. The third kappa shape index (κ3) is 11.7. The highest BCUT2D eigenvalue weighted by Crippen LogP contribution is 2.27. The Bertz CT molecular complexity index is 1050. The summed E-state index contributed by atoms with van der Waals surface area (Å²) in [5, 5.41) is 12.7. The number of aromatic amines is 1. The second kappa shape index (κ2) is 21.7. The third-order valence-corrected chi connectivity index (χ3v) is 7.66. The van der Waals surface area contributed by atoms with Crippen LogP contribution in [-0.2, 0) is 6.42 Å². The van der Waals surface area contributed by atoms with Crippen LogP contribution >= 0.6 is 0 Å². The third-order valence-electron chi connectivity index (χ3n) is 7.66. The minimum Gasteiger partial charge on any atom is -0.512 e. The van der Waals surface area contributed by atoms with Gasteiger partial charge in [0, 0.05) is 44.3 Å². The number of hydrogen-bond acceptors (Lipinski definition) is 7. The van der Waals surface area contributed by atoms with Crippen molar-refractivity contribution < 1.29 is 5.11 Å². The van der Waals surface area contributed by atoms with Gasteiger partial charge in [-0.3, -0.25) is 9.69 Å². The summed E-state index contributed by atoms with van der Waals surface area (Å²) in [4.78, 5) is 25.0. The average Bonchev–Trinajstić information content (AvgIpc) is 3.03. The van der Waals surface area contributed by atoms with E-state index in [0.29, 0.717) is 53.6 Å². The standard InChI is InChI=1S/C30H50N6O2.2C2H6/c1-8-18-36(24(10-3)13-15-27-30(38)34-28(21(5)32-7)29(31)33-27)25-16-19-35(20-17-25)22(6)23(9-2)12-14-26(37)11-4;2*1-2/h12,14,24-25,32,37H,5-6,8-11,13,15-20H2,1-4,7H3,(H2,31,33)(H,34,38);2*1-2H3/b23-12+,26-14+;;. The van der Waals surface area contributed by atoms with E-state index in [1.165, 1.54) is 5.57 Å². The lowest BCUT2D eigenvalue weighted by Gasteiger charge is -2.43. The van der Waals surface area contributed by atoms with Crippen molar-refractivity contribution in [2.75, 3.05) is 32.4 Å². The van der Waals surface area contributed by atoms with Crippen molar-refractivity contribution in [2.24, 2.45) is 0 Å². The molecule has 1 unspecified atom stereocenters. The van der Waals surface area contributed by atoms with Crippen LogP contribution in [-0.4, -0.2) is 63.6 Å². The molecule has 0 bridgehead atoms. The minimum absolute atomic E-state index is 0.198. The van der Waals surface area contributed by atoms with Gasteiger partial charge in [-0.25, -0.2) is 4.98 Å². The number of nitrogens with one attached hydrogen (secondary N) is 2. The van der Waals surface area contributed by atoms with E-state index in [1.807, 2.05) is 40.7 Å². The van der Waals surface area contributed by atoms with Crippen molar-refractivity contribution in [3.8, 4) is 0 Å². The zero-order chi connectivity index (χ0) is 32.2. The van der Waals surface area contributed by atoms with Crippen molar-refractivity contribution in [3.05, 3.63) is 64.1 Å². The first-order valence-corrected chi connectivity index (χ1v) is 16.2. The predicted molar refractivity (Wildman–Crippen MR) is 183 cm³/mol. The van der Waals surface area contributed by atoms with Crippen molar-refractivity contribution in [2.45, 2.75) is 119 Å². The Morgan fingerprint density at radius 1 is 1.14 bits per heavy atom. The number of allylic oxidation sites excluding steroid dienone is 4. The molecule has 5 N–H and O–H groups in total. The lowest BCUT2D eigenvalue weighted by atomic mass is 9.96. The van der Waals surface area contributed by atoms with Gasteiger partial charge in [-0.2, -0.15) is 0 Å². The SMILES string of the molecule is C=C(NC)c1[nH]c(=O)c(CCC(CC)N(CCC)C2CCN(C(=C)/C(=C/C=C(/O)CC)CC)CC2)nc1N.CC.CC. The molecule has 8 heteroatoms. The molecule has 0 aromatic carbocycles. The van der Waals surface area contributed by atoms with Crippen molar-refractivity contribution >= 4 is 11.5 Å². The molecule has 0 radical (unpaired) electrons. The molecule has 0 spiro atoms. The Balaban J connectivity index is 0.00000402. The maximum Gasteiger partial charge on any atom is 0.270 e. The quantitative estimate of drug-likeness (QED) is 0.127. The summed E-state index contributed by atoms with van der Waals surface area (Å²) >= 11 is 0. The number of anilines is 1. The Morgan fingerprint density at radius 3 is 2.26 bits per heavy atom. The summed E-state index contributed by atoms with van der Waals surface area (Å²) in [5.74, 6) is 0.688. The molecule has 240 valence electrons. The molecule has 1 saturated heterocycles. The van der Waals surface area contributed by atoms with Crippen molar-refractivity contribution in [1.29, 1.82) is 0 Å². The van der Waals surface area contributed by atoms with Gasteiger partial charge in [-0.1, -0.05) is 74.6 Å². The number of piperidine rings is 1. The highest BCUT2D eigenvalue weighted by atomic mass is 16.3. The lowest BCUT2D eigenvalue weighted by Crippen LogP contribution is -2.49. The number of aliphatic hydroxyl groups excluding tert-OH is 1. The monoisotopic (exact) mass is 586 g/mol. The Hall–Kier alpha value is -3.00. The molecule has 1 aromatic rings. The first-order valence-electron chi connectivity index (χ1n) is 16.2. The molecule has 8 nitrogen and oxygen atoms in total. The maximum atomic E-state index is 12.7. The summed E-state index contributed by atoms with van der Waals surface area (Å²) in [6.07, 6.45) is 11.0. The van der Waals surface area contributed by atoms with Gasteiger partial charge < -0.3 is 26.0 Å². The smallest absolute Gasteiger partial charge is 0.270 e. The summed E-state index contributed by atoms with van der Waals surface area (Å²) in [7, 11) is 1.73. The second-order valence-corrected chi connectivity index (χ2v) is 10.1. The number of hydrogen-bond donors (Lipinski definition) is 4. The largest absolute Gasteiger partial charge is 0.512 e. The van der Waals surface area contributed by atoms with E-state index < -0.39 is 0 Å². The van der Waals surface area contributed by atoms with E-state index in [9.17, 15) is 9.90 Å². The summed E-state index contributed by atoms with van der Waals surface area (Å²) < 4.78 is 0. The number of H-pyrrole nitrogens is 1. The second-order valence-electron chi connectivity index (χ2n) is 10.1. The zero-order valence-electron chi connectivity index (χ0n) is 28.3. The molecular formula is C34H62N6O2. The first kappa shape index (κ1) is 39.0. The highest BCUT2D eigenvalue weighted by Gasteiger charge is 2.29. The number of aryl methyl sites for hydroxylation is 1. The summed E-state index contributed by atoms with van der Waals surface area (Å²) in [5.41, 5.74) is 9.63. The van der Waals surface area contributed by atoms with E-state index in [0.717, 1.165) is 63.9 Å². The van der Waals surface area contributed by atoms with Crippen LogP contribution in [0, 0.1) is 0 Å². The van der Waals surface area contributed by atoms with Gasteiger partial charge in [0.15, 0.2) is 0 Å². The van der Waals surface area contributed by atoms with Crippen LogP contribution < -0.4 is 16.6 Å². The van der Waals surface area contributed by atoms with Gasteiger partial charge in [0.05, 0.1) is 11.5 Å². The number of aliphatic hydroxyl groups is 1. The topological polar surface area (TPSA) is 111 Å². The van der Waals surface area contributed by atoms with Crippen molar-refractivity contribution in [3.63, 3.8) is 0 Å². The molecule has 1 aromatic heterocycles. The molecule has 1 aliphatic heterocycles. The molecule has 1 fully saturated rings. The highest BCUT2D eigenvalue weighted by molar-refractivity contribution is 5.66. The molecule has 0 amide bonds. The van der Waals surface area contributed by atoms with Gasteiger partial charge in [-0.15, -0.1) is 0 Å². The number of nitrogens with zero attached hydrogens (tertiary/aromatic N) is 3. The molecule has 1 atom stereocenters. The molecule has 1 aliphatic rings. The van der Waals surface area contributed by atoms with E-state index in [4.69, 9.17) is 5.73 Å². The van der Waals surface area contributed by atoms with Crippen LogP contribution in [0.4, 0.5) is 5.82 Å². The van der Waals surface area contributed by atoms with Crippen molar-refractivity contribution in [1.82, 2.24) is 25.1 Å². The number of nitrogens with two attached hydrogens (primary N) is 1. The van der Waals surface area contributed by atoms with E-state index in [1.54, 1.807) is 13.1 Å². The Kier molecular flexibility index (Phi) is 20.1. The Labute approximate surface area is 256 Å². The fraction of sp³-hybridized carbons (Fsp3) is 0.647.